The van der Waals surface area contributed by atoms with E-state index in [-0.39, 0.29) is 44.3 Å². The molecular formula is C28H56O4+2. The minimum absolute atomic E-state index is 0. The normalized spacial score (nSPS) is 11.7. The molecular weight excluding hydrogens is 400 g/mol. The lowest BCUT2D eigenvalue weighted by atomic mass is 9.99. The van der Waals surface area contributed by atoms with Gasteiger partial charge in [-0.3, -0.25) is 0 Å². The van der Waals surface area contributed by atoms with E-state index in [1.54, 1.807) is 12.1 Å². The highest BCUT2D eigenvalue weighted by Crippen LogP contribution is 2.22. The summed E-state index contributed by atoms with van der Waals surface area (Å²) in [7, 11) is 0. The number of aromatic hydroxyl groups is 1. The second-order valence-electron chi connectivity index (χ2n) is 6.92. The van der Waals surface area contributed by atoms with E-state index in [9.17, 15) is 0 Å². The Morgan fingerprint density at radius 3 is 1.44 bits per heavy atom. The van der Waals surface area contributed by atoms with Crippen LogP contribution in [-0.2, 0) is 4.74 Å². The number of hydrogen-bond donors (Lipinski definition) is 1. The van der Waals surface area contributed by atoms with Crippen molar-refractivity contribution in [2.45, 2.75) is 102 Å². The van der Waals surface area contributed by atoms with Gasteiger partial charge < -0.3 is 20.1 Å². The lowest BCUT2D eigenvalue weighted by Gasteiger charge is -2.15. The average Bonchev–Trinajstić information content (AvgIpc) is 2.68. The van der Waals surface area contributed by atoms with Crippen LogP contribution < -0.4 is 4.74 Å². The summed E-state index contributed by atoms with van der Waals surface area (Å²) in [5.41, 5.74) is 2.66. The van der Waals surface area contributed by atoms with Gasteiger partial charge in [-0.15, -0.1) is 0 Å². The zero-order valence-electron chi connectivity index (χ0n) is 20.2. The Balaban J connectivity index is -0.0000000738. The van der Waals surface area contributed by atoms with E-state index >= 15 is 0 Å². The first-order chi connectivity index (χ1) is 12.9. The molecule has 3 N–H and O–H groups in total. The predicted molar refractivity (Wildman–Crippen MR) is 146 cm³/mol. The number of phenols is 1. The fourth-order valence-corrected chi connectivity index (χ4v) is 2.61. The van der Waals surface area contributed by atoms with Gasteiger partial charge in [0.1, 0.15) is 11.5 Å². The van der Waals surface area contributed by atoms with Crippen LogP contribution in [0.2, 0.25) is 0 Å². The summed E-state index contributed by atoms with van der Waals surface area (Å²) in [6, 6.07) is 15.7. The first-order valence-corrected chi connectivity index (χ1v) is 10.1. The van der Waals surface area contributed by atoms with Crippen molar-refractivity contribution in [2.75, 3.05) is 6.61 Å². The lowest BCUT2D eigenvalue weighted by molar-refractivity contribution is -0.0613. The van der Waals surface area contributed by atoms with Crippen LogP contribution in [0.3, 0.4) is 0 Å². The maximum atomic E-state index is 9.01. The van der Waals surface area contributed by atoms with Gasteiger partial charge in [-0.25, -0.2) is 0 Å². The molecule has 190 valence electrons. The van der Waals surface area contributed by atoms with Crippen LogP contribution in [0.1, 0.15) is 110 Å². The molecule has 3 unspecified atom stereocenters. The third-order valence-corrected chi connectivity index (χ3v) is 4.84. The molecule has 0 saturated heterocycles. The molecule has 4 nitrogen and oxygen atoms in total. The average molecular weight is 457 g/mol. The lowest BCUT2D eigenvalue weighted by Crippen LogP contribution is -2.15. The molecule has 0 aliphatic heterocycles. The number of rotatable bonds is 8. The van der Waals surface area contributed by atoms with E-state index in [0.29, 0.717) is 24.2 Å². The Hall–Kier alpha value is -2.04. The minimum Gasteiger partial charge on any atom is -0.508 e. The quantitative estimate of drug-likeness (QED) is 0.403. The van der Waals surface area contributed by atoms with Gasteiger partial charge in [0.05, 0.1) is 0 Å². The maximum absolute atomic E-state index is 9.01. The number of phenolic OH excluding ortho intramolecular Hbond substituents is 1. The maximum Gasteiger partial charge on any atom is 1.00 e. The Kier molecular flexibility index (Phi) is 27.9. The van der Waals surface area contributed by atoms with Crippen LogP contribution in [0, 0.1) is 0 Å². The molecule has 0 amide bonds. The third kappa shape index (κ3) is 14.9. The standard InChI is InChI=1S/C14H22O2.C10H14O.4CH4.H2O/c1-5-11(3)13-7-9-14(10-8-13)16-12(4)15-6-2;1-3-8(2)9-4-6-10(11)7-5-9;;;;;/h7-12H,5-6H2,1-4H3;4-8,11H,3H2,1-2H3;4*1H4;1H2/p+2. The van der Waals surface area contributed by atoms with Crippen molar-refractivity contribution in [3.63, 3.8) is 0 Å². The summed E-state index contributed by atoms with van der Waals surface area (Å²) in [6.07, 6.45) is 2.12. The van der Waals surface area contributed by atoms with Gasteiger partial charge in [0.25, 0.3) is 0 Å². The monoisotopic (exact) mass is 456 g/mol. The summed E-state index contributed by atoms with van der Waals surface area (Å²) in [4.78, 5) is 0. The molecule has 0 saturated carbocycles. The highest BCUT2D eigenvalue weighted by atomic mass is 16.7. The Morgan fingerprint density at radius 1 is 0.719 bits per heavy atom. The SMILES string of the molecule is C.C.C.C.CCC(C)c1ccc(O)cc1.CCOC(C)Oc1ccc(C(C)CC)cc1.O.[H+].[H+]. The van der Waals surface area contributed by atoms with E-state index in [0.717, 1.165) is 18.6 Å². The zero-order valence-corrected chi connectivity index (χ0v) is 18.2. The highest BCUT2D eigenvalue weighted by Gasteiger charge is 2.05. The largest absolute Gasteiger partial charge is 1.00 e. The van der Waals surface area contributed by atoms with Crippen molar-refractivity contribution >= 4 is 0 Å². The first-order valence-electron chi connectivity index (χ1n) is 10.1. The van der Waals surface area contributed by atoms with Crippen LogP contribution in [0.15, 0.2) is 48.5 Å². The molecule has 0 heterocycles. The van der Waals surface area contributed by atoms with Gasteiger partial charge >= 0.3 is 2.85 Å². The second kappa shape index (κ2) is 22.2. The van der Waals surface area contributed by atoms with Crippen LogP contribution in [-0.4, -0.2) is 23.5 Å². The van der Waals surface area contributed by atoms with Gasteiger partial charge in [-0.05, 0) is 73.9 Å². The number of hydrogen-bond acceptors (Lipinski definition) is 3. The van der Waals surface area contributed by atoms with E-state index in [1.807, 2.05) is 38.1 Å². The molecule has 0 aliphatic carbocycles. The van der Waals surface area contributed by atoms with E-state index in [1.165, 1.54) is 11.1 Å². The topological polar surface area (TPSA) is 70.2 Å². The van der Waals surface area contributed by atoms with Gasteiger partial charge in [-0.2, -0.15) is 0 Å². The Bertz CT molecular complexity index is 634. The molecule has 0 aliphatic rings. The molecule has 0 bridgehead atoms. The fraction of sp³-hybridized carbons (Fsp3) is 0.571. The van der Waals surface area contributed by atoms with Crippen molar-refractivity contribution in [3.8, 4) is 11.5 Å². The first kappa shape index (κ1) is 40.3. The molecule has 3 atom stereocenters. The van der Waals surface area contributed by atoms with Gasteiger partial charge in [-0.1, -0.05) is 81.7 Å². The molecule has 0 radical (unpaired) electrons. The molecule has 32 heavy (non-hydrogen) atoms. The summed E-state index contributed by atoms with van der Waals surface area (Å²) in [5.74, 6) is 2.42. The van der Waals surface area contributed by atoms with Crippen LogP contribution in [0.4, 0.5) is 0 Å². The molecule has 0 aromatic heterocycles. The summed E-state index contributed by atoms with van der Waals surface area (Å²) in [6.45, 7) is 13.3. The smallest absolute Gasteiger partial charge is 0.508 e. The van der Waals surface area contributed by atoms with Crippen molar-refractivity contribution in [3.05, 3.63) is 59.7 Å². The molecule has 2 aromatic carbocycles. The minimum atomic E-state index is -0.181. The van der Waals surface area contributed by atoms with Crippen molar-refractivity contribution in [1.82, 2.24) is 0 Å². The van der Waals surface area contributed by atoms with Gasteiger partial charge in [0.15, 0.2) is 6.29 Å². The van der Waals surface area contributed by atoms with E-state index in [4.69, 9.17) is 14.6 Å². The highest BCUT2D eigenvalue weighted by molar-refractivity contribution is 5.29. The molecule has 0 fully saturated rings. The fourth-order valence-electron chi connectivity index (χ4n) is 2.61. The third-order valence-electron chi connectivity index (χ3n) is 4.84. The van der Waals surface area contributed by atoms with Crippen molar-refractivity contribution in [2.24, 2.45) is 0 Å². The van der Waals surface area contributed by atoms with Gasteiger partial charge in [0.2, 0.25) is 0 Å². The van der Waals surface area contributed by atoms with Crippen molar-refractivity contribution < 1.29 is 22.9 Å². The van der Waals surface area contributed by atoms with Crippen LogP contribution in [0.5, 0.6) is 11.5 Å². The predicted octanol–water partition coefficient (Wildman–Crippen LogP) is 8.81. The second-order valence-corrected chi connectivity index (χ2v) is 6.92. The van der Waals surface area contributed by atoms with Crippen LogP contribution >= 0.6 is 0 Å². The molecule has 2 rings (SSSR count). The van der Waals surface area contributed by atoms with Crippen molar-refractivity contribution in [1.29, 1.82) is 0 Å². The van der Waals surface area contributed by atoms with Crippen LogP contribution in [0.25, 0.3) is 0 Å². The Labute approximate surface area is 203 Å². The number of benzene rings is 2. The molecule has 4 heteroatoms. The Morgan fingerprint density at radius 2 is 1.09 bits per heavy atom. The zero-order chi connectivity index (χ0) is 20.2. The summed E-state index contributed by atoms with van der Waals surface area (Å²) >= 11 is 0. The molecule has 0 spiro atoms. The van der Waals surface area contributed by atoms with E-state index in [2.05, 4.69) is 39.8 Å². The number of ether oxygens (including phenoxy) is 2. The summed E-state index contributed by atoms with van der Waals surface area (Å²) in [5, 5.41) is 9.01. The van der Waals surface area contributed by atoms with E-state index < -0.39 is 0 Å². The molecule has 2 aromatic rings. The summed E-state index contributed by atoms with van der Waals surface area (Å²) < 4.78 is 10.9. The van der Waals surface area contributed by atoms with Gasteiger partial charge in [0, 0.05) is 6.61 Å².